The number of hydrogen-bond acceptors (Lipinski definition) is 3. The SMILES string of the molecule is CCOC(=O)/C=C1\c2ccc(C(F)(F)F)cc2OCC1(F)F. The van der Waals surface area contributed by atoms with E-state index in [0.717, 1.165) is 6.07 Å². The highest BCUT2D eigenvalue weighted by molar-refractivity contribution is 5.94. The van der Waals surface area contributed by atoms with Gasteiger partial charge in [-0.05, 0) is 19.1 Å². The summed E-state index contributed by atoms with van der Waals surface area (Å²) in [6.45, 7) is 0.346. The summed E-state index contributed by atoms with van der Waals surface area (Å²) in [6, 6.07) is 2.14. The molecule has 1 aromatic carbocycles. The van der Waals surface area contributed by atoms with Crippen LogP contribution in [0.15, 0.2) is 24.3 Å². The molecule has 0 saturated heterocycles. The topological polar surface area (TPSA) is 35.5 Å². The van der Waals surface area contributed by atoms with Crippen LogP contribution in [0.2, 0.25) is 0 Å². The Hall–Kier alpha value is -2.12. The van der Waals surface area contributed by atoms with Gasteiger partial charge in [0.1, 0.15) is 5.75 Å². The third kappa shape index (κ3) is 3.20. The maximum atomic E-state index is 13.9. The lowest BCUT2D eigenvalue weighted by Crippen LogP contribution is -2.32. The van der Waals surface area contributed by atoms with E-state index in [-0.39, 0.29) is 17.9 Å². The molecule has 22 heavy (non-hydrogen) atoms. The fraction of sp³-hybridized carbons (Fsp3) is 0.357. The van der Waals surface area contributed by atoms with Crippen molar-refractivity contribution in [2.75, 3.05) is 13.2 Å². The van der Waals surface area contributed by atoms with Gasteiger partial charge < -0.3 is 9.47 Å². The minimum Gasteiger partial charge on any atom is -0.486 e. The zero-order valence-electron chi connectivity index (χ0n) is 11.3. The molecule has 0 aromatic heterocycles. The van der Waals surface area contributed by atoms with Crippen molar-refractivity contribution in [2.45, 2.75) is 19.0 Å². The van der Waals surface area contributed by atoms with Gasteiger partial charge in [0.2, 0.25) is 0 Å². The molecule has 2 rings (SSSR count). The van der Waals surface area contributed by atoms with Crippen molar-refractivity contribution in [2.24, 2.45) is 0 Å². The summed E-state index contributed by atoms with van der Waals surface area (Å²) in [4.78, 5) is 11.4. The van der Waals surface area contributed by atoms with E-state index >= 15 is 0 Å². The Morgan fingerprint density at radius 3 is 2.68 bits per heavy atom. The van der Waals surface area contributed by atoms with Gasteiger partial charge in [0, 0.05) is 17.2 Å². The van der Waals surface area contributed by atoms with Crippen molar-refractivity contribution in [3.05, 3.63) is 35.4 Å². The number of esters is 1. The summed E-state index contributed by atoms with van der Waals surface area (Å²) >= 11 is 0. The van der Waals surface area contributed by atoms with Crippen LogP contribution in [-0.2, 0) is 15.7 Å². The van der Waals surface area contributed by atoms with Crippen LogP contribution in [-0.4, -0.2) is 25.1 Å². The molecule has 1 aromatic rings. The fourth-order valence-electron chi connectivity index (χ4n) is 1.97. The van der Waals surface area contributed by atoms with E-state index in [1.54, 1.807) is 0 Å². The van der Waals surface area contributed by atoms with E-state index in [4.69, 9.17) is 4.74 Å². The summed E-state index contributed by atoms with van der Waals surface area (Å²) in [5.41, 5.74) is -2.01. The number of benzene rings is 1. The first-order chi connectivity index (χ1) is 10.1. The second-order valence-electron chi connectivity index (χ2n) is 4.51. The van der Waals surface area contributed by atoms with Crippen molar-refractivity contribution < 1.29 is 36.2 Å². The molecule has 0 atom stereocenters. The van der Waals surface area contributed by atoms with Crippen LogP contribution in [0.25, 0.3) is 5.57 Å². The predicted molar refractivity (Wildman–Crippen MR) is 66.5 cm³/mol. The van der Waals surface area contributed by atoms with Crippen molar-refractivity contribution >= 4 is 11.5 Å². The molecule has 0 spiro atoms. The van der Waals surface area contributed by atoms with Crippen LogP contribution in [0.5, 0.6) is 5.75 Å². The van der Waals surface area contributed by atoms with Crippen LogP contribution in [0.1, 0.15) is 18.1 Å². The van der Waals surface area contributed by atoms with Crippen molar-refractivity contribution in [3.8, 4) is 5.75 Å². The van der Waals surface area contributed by atoms with Gasteiger partial charge in [0.05, 0.1) is 12.2 Å². The number of rotatable bonds is 2. The summed E-state index contributed by atoms with van der Waals surface area (Å²) < 4.78 is 74.9. The molecule has 3 nitrogen and oxygen atoms in total. The highest BCUT2D eigenvalue weighted by Crippen LogP contribution is 2.44. The molecular formula is C14H11F5O3. The fourth-order valence-corrected chi connectivity index (χ4v) is 1.97. The number of carbonyl (C=O) groups excluding carboxylic acids is 1. The van der Waals surface area contributed by atoms with Gasteiger partial charge in [0.25, 0.3) is 0 Å². The smallest absolute Gasteiger partial charge is 0.416 e. The Balaban J connectivity index is 2.50. The van der Waals surface area contributed by atoms with Gasteiger partial charge in [-0.25, -0.2) is 4.79 Å². The normalized spacial score (nSPS) is 18.5. The molecule has 0 unspecified atom stereocenters. The van der Waals surface area contributed by atoms with Gasteiger partial charge in [0.15, 0.2) is 6.61 Å². The third-order valence-corrected chi connectivity index (χ3v) is 2.95. The molecule has 8 heteroatoms. The van der Waals surface area contributed by atoms with Crippen LogP contribution in [0, 0.1) is 0 Å². The van der Waals surface area contributed by atoms with Gasteiger partial charge in [-0.15, -0.1) is 0 Å². The molecule has 0 N–H and O–H groups in total. The van der Waals surface area contributed by atoms with Crippen LogP contribution >= 0.6 is 0 Å². The molecule has 0 bridgehead atoms. The molecular weight excluding hydrogens is 311 g/mol. The van der Waals surface area contributed by atoms with Crippen molar-refractivity contribution in [3.63, 3.8) is 0 Å². The lowest BCUT2D eigenvalue weighted by molar-refractivity contribution is -0.138. The number of alkyl halides is 5. The zero-order valence-corrected chi connectivity index (χ0v) is 11.3. The summed E-state index contributed by atoms with van der Waals surface area (Å²) in [5.74, 6) is -4.85. The predicted octanol–water partition coefficient (Wildman–Crippen LogP) is 3.68. The molecule has 0 fully saturated rings. The Morgan fingerprint density at radius 2 is 2.09 bits per heavy atom. The average molecular weight is 322 g/mol. The summed E-state index contributed by atoms with van der Waals surface area (Å²) in [7, 11) is 0. The molecule has 0 amide bonds. The van der Waals surface area contributed by atoms with Crippen molar-refractivity contribution in [1.29, 1.82) is 0 Å². The number of hydrogen-bond donors (Lipinski definition) is 0. The van der Waals surface area contributed by atoms with Crippen molar-refractivity contribution in [1.82, 2.24) is 0 Å². The maximum Gasteiger partial charge on any atom is 0.416 e. The molecule has 1 aliphatic heterocycles. The Kier molecular flexibility index (Phi) is 4.12. The highest BCUT2D eigenvalue weighted by atomic mass is 19.4. The first kappa shape index (κ1) is 16.3. The Bertz CT molecular complexity index is 619. The standard InChI is InChI=1S/C14H11F5O3/c1-2-21-12(20)6-10-9-4-3-8(14(17,18)19)5-11(9)22-7-13(10,15)16/h3-6H,2,7H2,1H3/b10-6+. The minimum atomic E-state index is -4.62. The van der Waals surface area contributed by atoms with E-state index in [1.807, 2.05) is 0 Å². The average Bonchev–Trinajstić information content (AvgIpc) is 2.41. The maximum absolute atomic E-state index is 13.9. The number of ether oxygens (including phenoxy) is 2. The largest absolute Gasteiger partial charge is 0.486 e. The number of halogens is 5. The zero-order chi connectivity index (χ0) is 16.5. The summed E-state index contributed by atoms with van der Waals surface area (Å²) in [6.07, 6.45) is -4.04. The molecule has 1 aliphatic rings. The van der Waals surface area contributed by atoms with Gasteiger partial charge in [-0.1, -0.05) is 6.07 Å². The second-order valence-corrected chi connectivity index (χ2v) is 4.51. The monoisotopic (exact) mass is 322 g/mol. The number of carbonyl (C=O) groups is 1. The van der Waals surface area contributed by atoms with E-state index < -0.39 is 35.8 Å². The van der Waals surface area contributed by atoms with Crippen LogP contribution in [0.3, 0.4) is 0 Å². The highest BCUT2D eigenvalue weighted by Gasteiger charge is 2.43. The molecule has 120 valence electrons. The van der Waals surface area contributed by atoms with E-state index in [2.05, 4.69) is 4.74 Å². The molecule has 0 saturated carbocycles. The summed E-state index contributed by atoms with van der Waals surface area (Å²) in [5, 5.41) is 0. The van der Waals surface area contributed by atoms with E-state index in [0.29, 0.717) is 18.2 Å². The lowest BCUT2D eigenvalue weighted by atomic mass is 9.95. The lowest BCUT2D eigenvalue weighted by Gasteiger charge is -2.28. The second kappa shape index (κ2) is 5.58. The minimum absolute atomic E-state index is 0.00937. The third-order valence-electron chi connectivity index (χ3n) is 2.95. The molecule has 0 radical (unpaired) electrons. The van der Waals surface area contributed by atoms with Gasteiger partial charge >= 0.3 is 18.1 Å². The van der Waals surface area contributed by atoms with Gasteiger partial charge in [-0.2, -0.15) is 22.0 Å². The first-order valence-electron chi connectivity index (χ1n) is 6.26. The van der Waals surface area contributed by atoms with E-state index in [9.17, 15) is 26.7 Å². The number of fused-ring (bicyclic) bond motifs is 1. The first-order valence-corrected chi connectivity index (χ1v) is 6.26. The van der Waals surface area contributed by atoms with Crippen LogP contribution < -0.4 is 4.74 Å². The van der Waals surface area contributed by atoms with Crippen LogP contribution in [0.4, 0.5) is 22.0 Å². The Labute approximate surface area is 122 Å². The molecule has 1 heterocycles. The molecule has 0 aliphatic carbocycles. The van der Waals surface area contributed by atoms with Gasteiger partial charge in [-0.3, -0.25) is 0 Å². The quantitative estimate of drug-likeness (QED) is 0.473. The Morgan fingerprint density at radius 1 is 1.41 bits per heavy atom. The van der Waals surface area contributed by atoms with E-state index in [1.165, 1.54) is 6.92 Å².